The third-order valence-electron chi connectivity index (χ3n) is 3.96. The minimum atomic E-state index is -0.263. The van der Waals surface area contributed by atoms with Crippen LogP contribution in [0.3, 0.4) is 0 Å². The Bertz CT molecular complexity index is 893. The van der Waals surface area contributed by atoms with Gasteiger partial charge in [0.05, 0.1) is 12.2 Å². The van der Waals surface area contributed by atoms with Crippen LogP contribution in [0.15, 0.2) is 39.4 Å². The summed E-state index contributed by atoms with van der Waals surface area (Å²) >= 11 is 0. The summed E-state index contributed by atoms with van der Waals surface area (Å²) in [5.41, 5.74) is 3.09. The number of carbonyl (C=O) groups excluding carboxylic acids is 1. The molecule has 7 nitrogen and oxygen atoms in total. The first-order chi connectivity index (χ1) is 12.4. The monoisotopic (exact) mass is 355 g/mol. The highest BCUT2D eigenvalue weighted by molar-refractivity contribution is 5.92. The maximum absolute atomic E-state index is 12.5. The average molecular weight is 355 g/mol. The fourth-order valence-electron chi connectivity index (χ4n) is 2.64. The lowest BCUT2D eigenvalue weighted by Crippen LogP contribution is -2.26. The van der Waals surface area contributed by atoms with E-state index in [2.05, 4.69) is 10.3 Å². The Labute approximate surface area is 151 Å². The van der Waals surface area contributed by atoms with Gasteiger partial charge in [0, 0.05) is 19.2 Å². The number of carbonyl (C=O) groups is 1. The van der Waals surface area contributed by atoms with Gasteiger partial charge < -0.3 is 18.7 Å². The second-order valence-electron chi connectivity index (χ2n) is 6.28. The molecule has 0 saturated carbocycles. The molecule has 0 aliphatic heterocycles. The van der Waals surface area contributed by atoms with Crippen molar-refractivity contribution < 1.29 is 18.6 Å². The second-order valence-corrected chi connectivity index (χ2v) is 6.28. The van der Waals surface area contributed by atoms with Gasteiger partial charge in [0.15, 0.2) is 17.2 Å². The van der Waals surface area contributed by atoms with Crippen LogP contribution in [0, 0.1) is 20.8 Å². The molecule has 7 heteroatoms. The van der Waals surface area contributed by atoms with Gasteiger partial charge >= 0.3 is 0 Å². The summed E-state index contributed by atoms with van der Waals surface area (Å²) in [6.45, 7) is 6.31. The van der Waals surface area contributed by atoms with E-state index in [0.29, 0.717) is 18.1 Å². The molecule has 1 amide bonds. The predicted octanol–water partition coefficient (Wildman–Crippen LogP) is 3.44. The molecule has 0 atom stereocenters. The Morgan fingerprint density at radius 1 is 1.08 bits per heavy atom. The van der Waals surface area contributed by atoms with Crippen LogP contribution in [0.5, 0.6) is 5.75 Å². The summed E-state index contributed by atoms with van der Waals surface area (Å²) in [7, 11) is 1.67. The zero-order chi connectivity index (χ0) is 18.7. The quantitative estimate of drug-likeness (QED) is 0.674. The van der Waals surface area contributed by atoms with Crippen molar-refractivity contribution in [3.8, 4) is 5.75 Å². The number of hydrogen-bond acceptors (Lipinski definition) is 6. The van der Waals surface area contributed by atoms with Gasteiger partial charge in [-0.2, -0.15) is 0 Å². The molecule has 2 aromatic heterocycles. The van der Waals surface area contributed by atoms with E-state index in [0.717, 1.165) is 22.6 Å². The molecule has 26 heavy (non-hydrogen) atoms. The molecule has 3 aromatic rings. The summed E-state index contributed by atoms with van der Waals surface area (Å²) in [5.74, 6) is 1.65. The van der Waals surface area contributed by atoms with Crippen LogP contribution in [-0.4, -0.2) is 28.2 Å². The predicted molar refractivity (Wildman–Crippen MR) is 93.8 cm³/mol. The van der Waals surface area contributed by atoms with Gasteiger partial charge in [-0.15, -0.1) is 0 Å². The molecule has 136 valence electrons. The van der Waals surface area contributed by atoms with Crippen LogP contribution in [0.2, 0.25) is 0 Å². The number of hydrogen-bond donors (Lipinski definition) is 0. The molecule has 0 unspecified atom stereocenters. The molecular formula is C19H21N3O4. The minimum Gasteiger partial charge on any atom is -0.485 e. The summed E-state index contributed by atoms with van der Waals surface area (Å²) in [4.78, 5) is 13.9. The van der Waals surface area contributed by atoms with Gasteiger partial charge in [-0.05, 0) is 31.9 Å². The largest absolute Gasteiger partial charge is 0.485 e. The van der Waals surface area contributed by atoms with E-state index in [9.17, 15) is 4.79 Å². The molecule has 0 N–H and O–H groups in total. The van der Waals surface area contributed by atoms with Gasteiger partial charge in [0.2, 0.25) is 0 Å². The number of benzene rings is 1. The van der Waals surface area contributed by atoms with Crippen molar-refractivity contribution in [1.82, 2.24) is 15.2 Å². The smallest absolute Gasteiger partial charge is 0.276 e. The standard InChI is InChI=1S/C19H21N3O4/c1-12-6-5-7-13(2)18(12)24-11-16-9-17(21-26-16)19(23)22(4)10-15-8-14(3)20-25-15/h5-9H,10-11H2,1-4H3. The van der Waals surface area contributed by atoms with E-state index in [1.807, 2.05) is 39.0 Å². The number of amides is 1. The highest BCUT2D eigenvalue weighted by Gasteiger charge is 2.19. The van der Waals surface area contributed by atoms with Crippen molar-refractivity contribution in [2.75, 3.05) is 7.05 Å². The number of aryl methyl sites for hydroxylation is 3. The fraction of sp³-hybridized carbons (Fsp3) is 0.316. The van der Waals surface area contributed by atoms with Gasteiger partial charge in [-0.25, -0.2) is 0 Å². The number of aromatic nitrogens is 2. The Hall–Kier alpha value is -3.09. The van der Waals surface area contributed by atoms with Gasteiger partial charge in [0.1, 0.15) is 12.4 Å². The van der Waals surface area contributed by atoms with E-state index in [4.69, 9.17) is 13.8 Å². The molecule has 1 aromatic carbocycles. The molecule has 0 spiro atoms. The first-order valence-electron chi connectivity index (χ1n) is 8.26. The lowest BCUT2D eigenvalue weighted by molar-refractivity contribution is 0.0761. The maximum Gasteiger partial charge on any atom is 0.276 e. The van der Waals surface area contributed by atoms with E-state index in [1.165, 1.54) is 4.90 Å². The Morgan fingerprint density at radius 3 is 2.42 bits per heavy atom. The minimum absolute atomic E-state index is 0.205. The van der Waals surface area contributed by atoms with Crippen LogP contribution >= 0.6 is 0 Å². The highest BCUT2D eigenvalue weighted by Crippen LogP contribution is 2.23. The van der Waals surface area contributed by atoms with Crippen LogP contribution < -0.4 is 4.74 Å². The average Bonchev–Trinajstić information content (AvgIpc) is 3.23. The van der Waals surface area contributed by atoms with Crippen LogP contribution in [-0.2, 0) is 13.2 Å². The number of ether oxygens (including phenoxy) is 1. The Morgan fingerprint density at radius 2 is 1.77 bits per heavy atom. The second kappa shape index (κ2) is 7.43. The fourth-order valence-corrected chi connectivity index (χ4v) is 2.64. The molecular weight excluding hydrogens is 334 g/mol. The normalized spacial score (nSPS) is 10.8. The van der Waals surface area contributed by atoms with Crippen LogP contribution in [0.25, 0.3) is 0 Å². The summed E-state index contributed by atoms with van der Waals surface area (Å²) in [6, 6.07) is 9.33. The molecule has 3 rings (SSSR count). The van der Waals surface area contributed by atoms with Crippen molar-refractivity contribution in [2.45, 2.75) is 33.9 Å². The maximum atomic E-state index is 12.5. The zero-order valence-corrected chi connectivity index (χ0v) is 15.3. The molecule has 0 aliphatic carbocycles. The molecule has 2 heterocycles. The molecule has 0 saturated heterocycles. The first-order valence-corrected chi connectivity index (χ1v) is 8.26. The van der Waals surface area contributed by atoms with Crippen LogP contribution in [0.4, 0.5) is 0 Å². The highest BCUT2D eigenvalue weighted by atomic mass is 16.5. The summed E-state index contributed by atoms with van der Waals surface area (Å²) in [6.07, 6.45) is 0. The van der Waals surface area contributed by atoms with E-state index < -0.39 is 0 Å². The summed E-state index contributed by atoms with van der Waals surface area (Å²) < 4.78 is 16.2. The molecule has 0 aliphatic rings. The topological polar surface area (TPSA) is 81.6 Å². The van der Waals surface area contributed by atoms with E-state index in [1.54, 1.807) is 19.2 Å². The molecule has 0 bridgehead atoms. The van der Waals surface area contributed by atoms with E-state index >= 15 is 0 Å². The van der Waals surface area contributed by atoms with Gasteiger partial charge in [-0.1, -0.05) is 28.5 Å². The van der Waals surface area contributed by atoms with Crippen molar-refractivity contribution in [1.29, 1.82) is 0 Å². The molecule has 0 radical (unpaired) electrons. The third-order valence-corrected chi connectivity index (χ3v) is 3.96. The lowest BCUT2D eigenvalue weighted by Gasteiger charge is -2.12. The van der Waals surface area contributed by atoms with Crippen molar-refractivity contribution in [3.63, 3.8) is 0 Å². The van der Waals surface area contributed by atoms with E-state index in [-0.39, 0.29) is 18.2 Å². The lowest BCUT2D eigenvalue weighted by atomic mass is 10.1. The summed E-state index contributed by atoms with van der Waals surface area (Å²) in [5, 5.41) is 7.66. The Kier molecular flexibility index (Phi) is 5.06. The van der Waals surface area contributed by atoms with Crippen LogP contribution in [0.1, 0.15) is 38.8 Å². The number of nitrogens with zero attached hydrogens (tertiary/aromatic N) is 3. The van der Waals surface area contributed by atoms with Gasteiger partial charge in [0.25, 0.3) is 5.91 Å². The Balaban J connectivity index is 1.62. The SMILES string of the molecule is Cc1cc(CN(C)C(=O)c2cc(COc3c(C)cccc3C)on2)on1. The van der Waals surface area contributed by atoms with Crippen molar-refractivity contribution in [2.24, 2.45) is 0 Å². The zero-order valence-electron chi connectivity index (χ0n) is 15.3. The molecule has 0 fully saturated rings. The number of rotatable bonds is 6. The van der Waals surface area contributed by atoms with Crippen molar-refractivity contribution >= 4 is 5.91 Å². The number of para-hydroxylation sites is 1. The van der Waals surface area contributed by atoms with Gasteiger partial charge in [-0.3, -0.25) is 4.79 Å². The van der Waals surface area contributed by atoms with Crippen molar-refractivity contribution in [3.05, 3.63) is 64.4 Å². The third kappa shape index (κ3) is 3.93. The first kappa shape index (κ1) is 17.7.